The monoisotopic (exact) mass is 399 g/mol. The second-order valence-corrected chi connectivity index (χ2v) is 5.93. The van der Waals surface area contributed by atoms with Crippen LogP contribution in [0.25, 0.3) is 0 Å². The number of nitrogens with one attached hydrogen (secondary N) is 1. The second-order valence-electron chi connectivity index (χ2n) is 5.93. The topological polar surface area (TPSA) is 59.6 Å². The van der Waals surface area contributed by atoms with E-state index >= 15 is 0 Å². The summed E-state index contributed by atoms with van der Waals surface area (Å²) in [6.45, 7) is 2.44. The zero-order chi connectivity index (χ0) is 16.9. The first-order chi connectivity index (χ1) is 11.6. The SMILES string of the molecule is C[C@H]1Oc2ccc(C(F)NCCCc3ccccc3)cc2N=C1N.Cl.Cl. The van der Waals surface area contributed by atoms with Crippen LogP contribution in [0.1, 0.15) is 30.8 Å². The number of benzene rings is 2. The van der Waals surface area contributed by atoms with Gasteiger partial charge in [-0.1, -0.05) is 36.4 Å². The van der Waals surface area contributed by atoms with Gasteiger partial charge in [-0.3, -0.25) is 5.32 Å². The van der Waals surface area contributed by atoms with E-state index in [2.05, 4.69) is 22.4 Å². The number of amidine groups is 1. The van der Waals surface area contributed by atoms with E-state index in [1.54, 1.807) is 18.2 Å². The summed E-state index contributed by atoms with van der Waals surface area (Å²) in [5.41, 5.74) is 8.16. The van der Waals surface area contributed by atoms with Crippen LogP contribution < -0.4 is 15.8 Å². The first kappa shape index (κ1) is 22.2. The molecule has 0 bridgehead atoms. The molecular formula is C19H24Cl2FN3O. The highest BCUT2D eigenvalue weighted by atomic mass is 35.5. The average molecular weight is 400 g/mol. The van der Waals surface area contributed by atoms with Crippen LogP contribution in [0.2, 0.25) is 0 Å². The Balaban J connectivity index is 0.00000169. The number of rotatable bonds is 6. The van der Waals surface area contributed by atoms with Crippen molar-refractivity contribution in [2.45, 2.75) is 32.2 Å². The third kappa shape index (κ3) is 5.59. The minimum atomic E-state index is -1.23. The van der Waals surface area contributed by atoms with E-state index in [1.165, 1.54) is 5.56 Å². The molecule has 0 aromatic heterocycles. The number of fused-ring (bicyclic) bond motifs is 1. The van der Waals surface area contributed by atoms with E-state index in [4.69, 9.17) is 10.5 Å². The van der Waals surface area contributed by atoms with Crippen molar-refractivity contribution < 1.29 is 9.13 Å². The Morgan fingerprint density at radius 1 is 1.19 bits per heavy atom. The van der Waals surface area contributed by atoms with E-state index in [1.807, 2.05) is 25.1 Å². The van der Waals surface area contributed by atoms with Gasteiger partial charge >= 0.3 is 0 Å². The van der Waals surface area contributed by atoms with Crippen molar-refractivity contribution in [3.63, 3.8) is 0 Å². The molecule has 2 aromatic carbocycles. The number of aliphatic imine (C=N–C) groups is 1. The summed E-state index contributed by atoms with van der Waals surface area (Å²) in [6.07, 6.45) is 0.320. The fourth-order valence-electron chi connectivity index (χ4n) is 2.64. The maximum Gasteiger partial charge on any atom is 0.177 e. The quantitative estimate of drug-likeness (QED) is 0.555. The fraction of sp³-hybridized carbons (Fsp3) is 0.316. The van der Waals surface area contributed by atoms with Gasteiger partial charge in [0.1, 0.15) is 17.3 Å². The van der Waals surface area contributed by atoms with Crippen LogP contribution >= 0.6 is 24.8 Å². The molecule has 0 saturated heterocycles. The third-order valence-electron chi connectivity index (χ3n) is 4.05. The van der Waals surface area contributed by atoms with Gasteiger partial charge in [0, 0.05) is 5.56 Å². The molecule has 1 aliphatic heterocycles. The number of hydrogen-bond acceptors (Lipinski definition) is 4. The molecule has 26 heavy (non-hydrogen) atoms. The van der Waals surface area contributed by atoms with Crippen molar-refractivity contribution in [3.8, 4) is 5.75 Å². The molecule has 0 fully saturated rings. The average Bonchev–Trinajstić information content (AvgIpc) is 2.60. The first-order valence-corrected chi connectivity index (χ1v) is 8.19. The normalized spacial score (nSPS) is 16.2. The summed E-state index contributed by atoms with van der Waals surface area (Å²) >= 11 is 0. The van der Waals surface area contributed by atoms with E-state index in [-0.39, 0.29) is 30.9 Å². The Morgan fingerprint density at radius 2 is 1.92 bits per heavy atom. The molecule has 3 rings (SSSR count). The molecule has 142 valence electrons. The van der Waals surface area contributed by atoms with Gasteiger partial charge in [0.2, 0.25) is 0 Å². The molecule has 0 spiro atoms. The molecule has 2 aromatic rings. The summed E-state index contributed by atoms with van der Waals surface area (Å²) in [5, 5.41) is 2.91. The highest BCUT2D eigenvalue weighted by Gasteiger charge is 2.20. The van der Waals surface area contributed by atoms with Crippen molar-refractivity contribution in [2.75, 3.05) is 6.54 Å². The molecule has 7 heteroatoms. The lowest BCUT2D eigenvalue weighted by molar-refractivity contribution is 0.274. The van der Waals surface area contributed by atoms with Crippen LogP contribution in [0.5, 0.6) is 5.75 Å². The van der Waals surface area contributed by atoms with Crippen LogP contribution in [-0.4, -0.2) is 18.5 Å². The molecule has 0 amide bonds. The molecule has 0 aliphatic carbocycles. The largest absolute Gasteiger partial charge is 0.481 e. The van der Waals surface area contributed by atoms with Crippen molar-refractivity contribution in [1.29, 1.82) is 0 Å². The van der Waals surface area contributed by atoms with Gasteiger partial charge in [0.05, 0.1) is 0 Å². The molecule has 0 radical (unpaired) electrons. The summed E-state index contributed by atoms with van der Waals surface area (Å²) in [4.78, 5) is 4.28. The minimum Gasteiger partial charge on any atom is -0.481 e. The second kappa shape index (κ2) is 10.4. The molecule has 2 atom stereocenters. The molecule has 1 unspecified atom stereocenters. The standard InChI is InChI=1S/C19H22FN3O.2ClH/c1-13-19(21)23-16-12-15(9-10-17(16)24-13)18(20)22-11-5-8-14-6-3-2-4-7-14;;/h2-4,6-7,9-10,12-13,18,22H,5,8,11H2,1H3,(H2,21,23);2*1H/t13-,18?;;/m1../s1. The number of nitrogens with two attached hydrogens (primary N) is 1. The Labute approximate surface area is 165 Å². The first-order valence-electron chi connectivity index (χ1n) is 8.19. The summed E-state index contributed by atoms with van der Waals surface area (Å²) < 4.78 is 20.0. The number of ether oxygens (including phenoxy) is 1. The lowest BCUT2D eigenvalue weighted by atomic mass is 10.1. The number of halogens is 3. The van der Waals surface area contributed by atoms with E-state index in [0.717, 1.165) is 12.8 Å². The Hall–Kier alpha value is -1.82. The van der Waals surface area contributed by atoms with Crippen LogP contribution in [0, 0.1) is 0 Å². The van der Waals surface area contributed by atoms with Gasteiger partial charge in [-0.25, -0.2) is 9.38 Å². The Morgan fingerprint density at radius 3 is 2.65 bits per heavy atom. The zero-order valence-electron chi connectivity index (χ0n) is 14.5. The Bertz CT molecular complexity index is 728. The van der Waals surface area contributed by atoms with Crippen molar-refractivity contribution in [3.05, 3.63) is 59.7 Å². The molecule has 1 heterocycles. The van der Waals surface area contributed by atoms with Crippen LogP contribution in [0.15, 0.2) is 53.5 Å². The zero-order valence-corrected chi connectivity index (χ0v) is 16.2. The van der Waals surface area contributed by atoms with E-state index in [0.29, 0.717) is 29.4 Å². The molecule has 1 aliphatic rings. The van der Waals surface area contributed by atoms with Gasteiger partial charge in [0.15, 0.2) is 12.4 Å². The van der Waals surface area contributed by atoms with Gasteiger partial charge in [0.25, 0.3) is 0 Å². The van der Waals surface area contributed by atoms with Gasteiger partial charge in [-0.2, -0.15) is 0 Å². The van der Waals surface area contributed by atoms with Crippen molar-refractivity contribution >= 4 is 36.3 Å². The van der Waals surface area contributed by atoms with Gasteiger partial charge < -0.3 is 10.5 Å². The molecule has 3 N–H and O–H groups in total. The fourth-order valence-corrected chi connectivity index (χ4v) is 2.64. The highest BCUT2D eigenvalue weighted by molar-refractivity contribution is 5.89. The van der Waals surface area contributed by atoms with E-state index in [9.17, 15) is 4.39 Å². The van der Waals surface area contributed by atoms with Crippen LogP contribution in [-0.2, 0) is 6.42 Å². The summed E-state index contributed by atoms with van der Waals surface area (Å²) in [6, 6.07) is 15.3. The lowest BCUT2D eigenvalue weighted by Gasteiger charge is -2.22. The minimum absolute atomic E-state index is 0. The maximum atomic E-state index is 14.4. The van der Waals surface area contributed by atoms with Crippen LogP contribution in [0.4, 0.5) is 10.1 Å². The van der Waals surface area contributed by atoms with Crippen LogP contribution in [0.3, 0.4) is 0 Å². The number of nitrogens with zero attached hydrogens (tertiary/aromatic N) is 1. The third-order valence-corrected chi connectivity index (χ3v) is 4.05. The molecule has 4 nitrogen and oxygen atoms in total. The smallest absolute Gasteiger partial charge is 0.177 e. The maximum absolute atomic E-state index is 14.4. The number of aryl methyl sites for hydroxylation is 1. The number of hydrogen-bond donors (Lipinski definition) is 2. The van der Waals surface area contributed by atoms with Gasteiger partial charge in [-0.05, 0) is 44.0 Å². The lowest BCUT2D eigenvalue weighted by Crippen LogP contribution is -2.33. The predicted molar refractivity (Wildman–Crippen MR) is 109 cm³/mol. The summed E-state index contributed by atoms with van der Waals surface area (Å²) in [7, 11) is 0. The molecular weight excluding hydrogens is 376 g/mol. The van der Waals surface area contributed by atoms with Crippen molar-refractivity contribution in [2.24, 2.45) is 10.7 Å². The summed E-state index contributed by atoms with van der Waals surface area (Å²) in [5.74, 6) is 1.04. The number of alkyl halides is 1. The Kier molecular flexibility index (Phi) is 8.85. The highest BCUT2D eigenvalue weighted by Crippen LogP contribution is 2.34. The van der Waals surface area contributed by atoms with Crippen molar-refractivity contribution in [1.82, 2.24) is 5.32 Å². The molecule has 0 saturated carbocycles. The predicted octanol–water partition coefficient (Wildman–Crippen LogP) is 4.49. The van der Waals surface area contributed by atoms with E-state index < -0.39 is 6.30 Å². The van der Waals surface area contributed by atoms with Gasteiger partial charge in [-0.15, -0.1) is 24.8 Å².